The van der Waals surface area contributed by atoms with E-state index in [0.29, 0.717) is 24.1 Å². The molecule has 6 heteroatoms. The summed E-state index contributed by atoms with van der Waals surface area (Å²) in [6.45, 7) is 2.87. The number of anilines is 2. The minimum absolute atomic E-state index is 0.198. The van der Waals surface area contributed by atoms with Gasteiger partial charge in [-0.3, -0.25) is 4.98 Å². The molecule has 158 valence electrons. The van der Waals surface area contributed by atoms with Crippen LogP contribution in [0.5, 0.6) is 11.5 Å². The van der Waals surface area contributed by atoms with Gasteiger partial charge < -0.3 is 25.2 Å². The average Bonchev–Trinajstić information content (AvgIpc) is 3.61. The zero-order valence-corrected chi connectivity index (χ0v) is 17.5. The molecule has 0 radical (unpaired) electrons. The summed E-state index contributed by atoms with van der Waals surface area (Å²) in [4.78, 5) is 4.49. The number of aromatic nitrogens is 1. The van der Waals surface area contributed by atoms with Gasteiger partial charge in [0.25, 0.3) is 0 Å². The Labute approximate surface area is 177 Å². The topological polar surface area (TPSA) is 75.6 Å². The maximum absolute atomic E-state index is 10.2. The fourth-order valence-corrected chi connectivity index (χ4v) is 3.47. The second-order valence-corrected chi connectivity index (χ2v) is 7.66. The lowest BCUT2D eigenvalue weighted by Gasteiger charge is -2.17. The van der Waals surface area contributed by atoms with Gasteiger partial charge in [-0.2, -0.15) is 0 Å². The van der Waals surface area contributed by atoms with Crippen LogP contribution in [0.15, 0.2) is 48.7 Å². The van der Waals surface area contributed by atoms with Crippen molar-refractivity contribution in [1.29, 1.82) is 0 Å². The molecule has 0 amide bonds. The van der Waals surface area contributed by atoms with Gasteiger partial charge >= 0.3 is 0 Å². The Morgan fingerprint density at radius 2 is 1.97 bits per heavy atom. The van der Waals surface area contributed by atoms with E-state index in [1.54, 1.807) is 13.3 Å². The monoisotopic (exact) mass is 407 g/mol. The van der Waals surface area contributed by atoms with E-state index in [0.717, 1.165) is 28.7 Å². The number of hydrogen-bond donors (Lipinski definition) is 3. The van der Waals surface area contributed by atoms with Gasteiger partial charge in [-0.15, -0.1) is 0 Å². The molecule has 1 aliphatic rings. The van der Waals surface area contributed by atoms with Crippen LogP contribution in [-0.4, -0.2) is 42.5 Å². The molecule has 1 saturated carbocycles. The second kappa shape index (κ2) is 9.32. The highest BCUT2D eigenvalue weighted by Crippen LogP contribution is 2.36. The lowest BCUT2D eigenvalue weighted by Crippen LogP contribution is -2.32. The molecular weight excluding hydrogens is 378 g/mol. The van der Waals surface area contributed by atoms with Gasteiger partial charge in [0.2, 0.25) is 0 Å². The molecule has 1 aliphatic carbocycles. The van der Waals surface area contributed by atoms with Crippen LogP contribution < -0.4 is 20.1 Å². The molecular formula is C24H29N3O3. The van der Waals surface area contributed by atoms with Crippen LogP contribution in [0, 0.1) is 0 Å². The number of ether oxygens (including phenoxy) is 2. The number of rotatable bonds is 10. The normalized spacial score (nSPS) is 14.5. The molecule has 1 atom stereocenters. The number of hydrogen-bond acceptors (Lipinski definition) is 6. The molecule has 30 heavy (non-hydrogen) atoms. The Hall–Kier alpha value is -2.83. The summed E-state index contributed by atoms with van der Waals surface area (Å²) in [5, 5.41) is 18.0. The van der Waals surface area contributed by atoms with Crippen LogP contribution in [0.1, 0.15) is 25.3 Å². The van der Waals surface area contributed by atoms with Crippen molar-refractivity contribution in [2.24, 2.45) is 0 Å². The zero-order chi connectivity index (χ0) is 20.9. The number of fused-ring (bicyclic) bond motifs is 1. The van der Waals surface area contributed by atoms with Crippen molar-refractivity contribution >= 4 is 22.3 Å². The van der Waals surface area contributed by atoms with E-state index in [1.807, 2.05) is 24.3 Å². The number of aryl methyl sites for hydroxylation is 1. The van der Waals surface area contributed by atoms with Crippen LogP contribution in [0.4, 0.5) is 11.4 Å². The van der Waals surface area contributed by atoms with E-state index in [2.05, 4.69) is 40.7 Å². The first-order chi connectivity index (χ1) is 14.7. The Kier molecular flexibility index (Phi) is 6.35. The zero-order valence-electron chi connectivity index (χ0n) is 17.5. The van der Waals surface area contributed by atoms with E-state index < -0.39 is 6.10 Å². The third-order valence-corrected chi connectivity index (χ3v) is 5.35. The van der Waals surface area contributed by atoms with Crippen molar-refractivity contribution in [1.82, 2.24) is 10.3 Å². The van der Waals surface area contributed by atoms with Gasteiger partial charge in [-0.05, 0) is 43.0 Å². The van der Waals surface area contributed by atoms with Crippen molar-refractivity contribution < 1.29 is 14.6 Å². The molecule has 4 rings (SSSR count). The van der Waals surface area contributed by atoms with Crippen LogP contribution >= 0.6 is 0 Å². The van der Waals surface area contributed by atoms with Crippen molar-refractivity contribution in [2.75, 3.05) is 25.6 Å². The Bertz CT molecular complexity index is 1000. The Balaban J connectivity index is 1.58. The summed E-state index contributed by atoms with van der Waals surface area (Å²) in [5.41, 5.74) is 4.09. The maximum Gasteiger partial charge on any atom is 0.162 e. The smallest absolute Gasteiger partial charge is 0.162 e. The van der Waals surface area contributed by atoms with E-state index in [4.69, 9.17) is 9.47 Å². The number of para-hydroxylation sites is 1. The highest BCUT2D eigenvalue weighted by molar-refractivity contribution is 5.95. The van der Waals surface area contributed by atoms with Gasteiger partial charge in [0.05, 0.1) is 12.6 Å². The SMILES string of the molecule is CCc1ccccc1Nc1ccnc2cc(OC)c(OCC(O)CNC3CC3)cc12. The largest absolute Gasteiger partial charge is 0.493 e. The molecule has 0 spiro atoms. The summed E-state index contributed by atoms with van der Waals surface area (Å²) in [6.07, 6.45) is 4.54. The number of pyridine rings is 1. The average molecular weight is 408 g/mol. The fourth-order valence-electron chi connectivity index (χ4n) is 3.47. The number of methoxy groups -OCH3 is 1. The minimum atomic E-state index is -0.575. The molecule has 1 fully saturated rings. The molecule has 1 aromatic heterocycles. The lowest BCUT2D eigenvalue weighted by atomic mass is 10.1. The van der Waals surface area contributed by atoms with Crippen LogP contribution in [-0.2, 0) is 6.42 Å². The van der Waals surface area contributed by atoms with Gasteiger partial charge in [-0.1, -0.05) is 25.1 Å². The van der Waals surface area contributed by atoms with Crippen LogP contribution in [0.25, 0.3) is 10.9 Å². The summed E-state index contributed by atoms with van der Waals surface area (Å²) in [7, 11) is 1.61. The highest BCUT2D eigenvalue weighted by atomic mass is 16.5. The fraction of sp³-hybridized carbons (Fsp3) is 0.375. The van der Waals surface area contributed by atoms with Crippen LogP contribution in [0.3, 0.4) is 0 Å². The van der Waals surface area contributed by atoms with E-state index in [-0.39, 0.29) is 6.61 Å². The number of nitrogens with one attached hydrogen (secondary N) is 2. The summed E-state index contributed by atoms with van der Waals surface area (Å²) in [5.74, 6) is 1.19. The number of nitrogens with zero attached hydrogens (tertiary/aromatic N) is 1. The second-order valence-electron chi connectivity index (χ2n) is 7.66. The summed E-state index contributed by atoms with van der Waals surface area (Å²) in [6, 6.07) is 14.6. The predicted molar refractivity (Wildman–Crippen MR) is 120 cm³/mol. The van der Waals surface area contributed by atoms with E-state index >= 15 is 0 Å². The minimum Gasteiger partial charge on any atom is -0.493 e. The lowest BCUT2D eigenvalue weighted by molar-refractivity contribution is 0.104. The van der Waals surface area contributed by atoms with Crippen molar-refractivity contribution in [3.8, 4) is 11.5 Å². The third-order valence-electron chi connectivity index (χ3n) is 5.35. The highest BCUT2D eigenvalue weighted by Gasteiger charge is 2.21. The Morgan fingerprint density at radius 1 is 1.13 bits per heavy atom. The molecule has 6 nitrogen and oxygen atoms in total. The van der Waals surface area contributed by atoms with E-state index in [1.165, 1.54) is 18.4 Å². The molecule has 1 heterocycles. The first-order valence-corrected chi connectivity index (χ1v) is 10.5. The number of benzene rings is 2. The molecule has 3 N–H and O–H groups in total. The molecule has 0 bridgehead atoms. The van der Waals surface area contributed by atoms with Gasteiger partial charge in [0.15, 0.2) is 11.5 Å². The number of aliphatic hydroxyl groups excluding tert-OH is 1. The summed E-state index contributed by atoms with van der Waals surface area (Å²) < 4.78 is 11.4. The molecule has 3 aromatic rings. The standard InChI is InChI=1S/C24H29N3O3/c1-3-16-6-4-5-7-20(16)27-21-10-11-25-22-13-23(29-2)24(12-19(21)22)30-15-18(28)14-26-17-8-9-17/h4-7,10-13,17-18,26,28H,3,8-9,14-15H2,1-2H3,(H,25,27). The first kappa shape index (κ1) is 20.4. The summed E-state index contributed by atoms with van der Waals surface area (Å²) >= 11 is 0. The first-order valence-electron chi connectivity index (χ1n) is 10.5. The predicted octanol–water partition coefficient (Wildman–Crippen LogP) is 4.04. The molecule has 1 unspecified atom stereocenters. The maximum atomic E-state index is 10.2. The van der Waals surface area contributed by atoms with Crippen molar-refractivity contribution in [3.05, 3.63) is 54.2 Å². The van der Waals surface area contributed by atoms with Crippen LogP contribution in [0.2, 0.25) is 0 Å². The molecule has 0 aliphatic heterocycles. The quantitative estimate of drug-likeness (QED) is 0.471. The number of aliphatic hydroxyl groups is 1. The molecule has 0 saturated heterocycles. The Morgan fingerprint density at radius 3 is 2.73 bits per heavy atom. The van der Waals surface area contributed by atoms with Gasteiger partial charge in [0, 0.05) is 41.6 Å². The third kappa shape index (κ3) is 4.83. The van der Waals surface area contributed by atoms with Crippen molar-refractivity contribution in [3.63, 3.8) is 0 Å². The van der Waals surface area contributed by atoms with Gasteiger partial charge in [0.1, 0.15) is 12.7 Å². The van der Waals surface area contributed by atoms with E-state index in [9.17, 15) is 5.11 Å². The van der Waals surface area contributed by atoms with Crippen molar-refractivity contribution in [2.45, 2.75) is 38.3 Å². The molecule has 2 aromatic carbocycles. The van der Waals surface area contributed by atoms with Gasteiger partial charge in [-0.25, -0.2) is 0 Å².